The third-order valence-electron chi connectivity index (χ3n) is 4.53. The van der Waals surface area contributed by atoms with Crippen LogP contribution in [0.5, 0.6) is 0 Å². The Hall–Kier alpha value is -2.19. The molecule has 1 aliphatic rings. The molecule has 0 aliphatic carbocycles. The highest BCUT2D eigenvalue weighted by Gasteiger charge is 2.33. The van der Waals surface area contributed by atoms with Crippen LogP contribution in [0.4, 0.5) is 18.9 Å². The first-order chi connectivity index (χ1) is 12.8. The number of alkyl halides is 3. The second kappa shape index (κ2) is 6.76. The molecule has 2 aromatic heterocycles. The first kappa shape index (κ1) is 18.2. The van der Waals surface area contributed by atoms with E-state index in [-0.39, 0.29) is 5.91 Å². The number of thiophene rings is 1. The predicted octanol–water partition coefficient (Wildman–Crippen LogP) is 5.79. The van der Waals surface area contributed by atoms with Gasteiger partial charge in [-0.2, -0.15) is 24.5 Å². The van der Waals surface area contributed by atoms with Crippen LogP contribution in [0, 0.1) is 6.92 Å². The first-order valence-electron chi connectivity index (χ1n) is 8.36. The number of rotatable bonds is 2. The zero-order valence-corrected chi connectivity index (χ0v) is 16.0. The maximum Gasteiger partial charge on any atom is 0.416 e. The number of halogens is 3. The van der Waals surface area contributed by atoms with Crippen LogP contribution in [0.3, 0.4) is 0 Å². The molecule has 0 N–H and O–H groups in total. The van der Waals surface area contributed by atoms with Gasteiger partial charge in [0, 0.05) is 23.2 Å². The maximum atomic E-state index is 13.1. The minimum absolute atomic E-state index is 0.202. The first-order valence-corrected chi connectivity index (χ1v) is 10.1. The summed E-state index contributed by atoms with van der Waals surface area (Å²) >= 11 is 2.88. The van der Waals surface area contributed by atoms with Crippen LogP contribution in [0.15, 0.2) is 35.0 Å². The van der Waals surface area contributed by atoms with E-state index in [0.717, 1.165) is 22.7 Å². The minimum Gasteiger partial charge on any atom is -0.307 e. The maximum absolute atomic E-state index is 13.1. The average Bonchev–Trinajstić information content (AvgIpc) is 3.29. The van der Waals surface area contributed by atoms with Crippen molar-refractivity contribution in [3.05, 3.63) is 56.7 Å². The van der Waals surface area contributed by atoms with E-state index in [1.54, 1.807) is 23.2 Å². The highest BCUT2D eigenvalue weighted by atomic mass is 32.1. The molecule has 8 heteroatoms. The summed E-state index contributed by atoms with van der Waals surface area (Å²) in [7, 11) is 0. The van der Waals surface area contributed by atoms with Gasteiger partial charge in [-0.15, -0.1) is 11.3 Å². The van der Waals surface area contributed by atoms with Crippen LogP contribution < -0.4 is 4.90 Å². The fourth-order valence-corrected chi connectivity index (χ4v) is 4.94. The molecule has 140 valence electrons. The van der Waals surface area contributed by atoms with E-state index in [1.165, 1.54) is 17.4 Å². The molecule has 1 aliphatic heterocycles. The van der Waals surface area contributed by atoms with Crippen LogP contribution in [0.2, 0.25) is 0 Å². The molecule has 4 rings (SSSR count). The fourth-order valence-electron chi connectivity index (χ4n) is 3.21. The molecule has 1 amide bonds. The van der Waals surface area contributed by atoms with E-state index in [2.05, 4.69) is 4.98 Å². The SMILES string of the molecule is Cc1nc(-c2ccsc2)sc1C(=O)N1CCCc2cc(C(F)(F)F)ccc21. The summed E-state index contributed by atoms with van der Waals surface area (Å²) in [4.78, 5) is 19.7. The average molecular weight is 408 g/mol. The summed E-state index contributed by atoms with van der Waals surface area (Å²) in [5.74, 6) is -0.202. The molecule has 0 saturated carbocycles. The van der Waals surface area contributed by atoms with Gasteiger partial charge in [-0.25, -0.2) is 4.98 Å². The summed E-state index contributed by atoms with van der Waals surface area (Å²) in [5, 5.41) is 4.70. The number of hydrogen-bond acceptors (Lipinski definition) is 4. The molecule has 3 aromatic rings. The Morgan fingerprint density at radius 1 is 1.26 bits per heavy atom. The van der Waals surface area contributed by atoms with Crippen molar-refractivity contribution in [2.24, 2.45) is 0 Å². The molecule has 0 bridgehead atoms. The van der Waals surface area contributed by atoms with E-state index in [9.17, 15) is 18.0 Å². The van der Waals surface area contributed by atoms with E-state index in [1.807, 2.05) is 16.8 Å². The van der Waals surface area contributed by atoms with Crippen molar-refractivity contribution in [3.8, 4) is 10.6 Å². The number of aromatic nitrogens is 1. The van der Waals surface area contributed by atoms with Gasteiger partial charge in [-0.3, -0.25) is 4.79 Å². The minimum atomic E-state index is -4.38. The largest absolute Gasteiger partial charge is 0.416 e. The molecular weight excluding hydrogens is 393 g/mol. The molecule has 3 heterocycles. The van der Waals surface area contributed by atoms with Crippen LogP contribution in [0.1, 0.15) is 32.9 Å². The predicted molar refractivity (Wildman–Crippen MR) is 102 cm³/mol. The van der Waals surface area contributed by atoms with Gasteiger partial charge in [-0.05, 0) is 55.0 Å². The van der Waals surface area contributed by atoms with Crippen LogP contribution in [-0.4, -0.2) is 17.4 Å². The van der Waals surface area contributed by atoms with Crippen molar-refractivity contribution in [1.82, 2.24) is 4.98 Å². The Bertz CT molecular complexity index is 993. The van der Waals surface area contributed by atoms with Crippen molar-refractivity contribution < 1.29 is 18.0 Å². The lowest BCUT2D eigenvalue weighted by molar-refractivity contribution is -0.137. The molecule has 3 nitrogen and oxygen atoms in total. The number of nitrogens with zero attached hydrogens (tertiary/aromatic N) is 2. The summed E-state index contributed by atoms with van der Waals surface area (Å²) in [6.07, 6.45) is -3.22. The van der Waals surface area contributed by atoms with Gasteiger partial charge in [0.05, 0.1) is 11.3 Å². The Labute approximate surface area is 162 Å². The molecular formula is C19H15F3N2OS2. The van der Waals surface area contributed by atoms with E-state index >= 15 is 0 Å². The van der Waals surface area contributed by atoms with Crippen molar-refractivity contribution in [2.45, 2.75) is 25.9 Å². The van der Waals surface area contributed by atoms with Gasteiger partial charge in [0.2, 0.25) is 0 Å². The van der Waals surface area contributed by atoms with Gasteiger partial charge >= 0.3 is 6.18 Å². The van der Waals surface area contributed by atoms with Gasteiger partial charge in [0.1, 0.15) is 9.88 Å². The quantitative estimate of drug-likeness (QED) is 0.538. The third kappa shape index (κ3) is 3.39. The number of carbonyl (C=O) groups is 1. The summed E-state index contributed by atoms with van der Waals surface area (Å²) in [6, 6.07) is 5.56. The van der Waals surface area contributed by atoms with Crippen molar-refractivity contribution in [3.63, 3.8) is 0 Å². The summed E-state index contributed by atoms with van der Waals surface area (Å²) < 4.78 is 38.9. The number of fused-ring (bicyclic) bond motifs is 1. The van der Waals surface area contributed by atoms with E-state index < -0.39 is 11.7 Å². The number of aryl methyl sites for hydroxylation is 2. The highest BCUT2D eigenvalue weighted by Crippen LogP contribution is 2.37. The zero-order valence-electron chi connectivity index (χ0n) is 14.3. The number of hydrogen-bond donors (Lipinski definition) is 0. The fraction of sp³-hybridized carbons (Fsp3) is 0.263. The van der Waals surface area contributed by atoms with Crippen LogP contribution >= 0.6 is 22.7 Å². The summed E-state index contributed by atoms with van der Waals surface area (Å²) in [6.45, 7) is 2.28. The number of anilines is 1. The Balaban J connectivity index is 1.68. The van der Waals surface area contributed by atoms with Crippen LogP contribution in [-0.2, 0) is 12.6 Å². The molecule has 0 saturated heterocycles. The van der Waals surface area contributed by atoms with Gasteiger partial charge in [-0.1, -0.05) is 0 Å². The molecule has 0 fully saturated rings. The second-order valence-corrected chi connectivity index (χ2v) is 8.13. The van der Waals surface area contributed by atoms with E-state index in [4.69, 9.17) is 0 Å². The van der Waals surface area contributed by atoms with Gasteiger partial charge in [0.25, 0.3) is 5.91 Å². The Morgan fingerprint density at radius 3 is 2.78 bits per heavy atom. The van der Waals surface area contributed by atoms with Gasteiger partial charge < -0.3 is 4.90 Å². The normalized spacial score (nSPS) is 14.3. The van der Waals surface area contributed by atoms with Crippen molar-refractivity contribution in [2.75, 3.05) is 11.4 Å². The lowest BCUT2D eigenvalue weighted by Crippen LogP contribution is -2.35. The molecule has 0 atom stereocenters. The number of amides is 1. The lowest BCUT2D eigenvalue weighted by Gasteiger charge is -2.29. The highest BCUT2D eigenvalue weighted by molar-refractivity contribution is 7.17. The van der Waals surface area contributed by atoms with Crippen LogP contribution in [0.25, 0.3) is 10.6 Å². The van der Waals surface area contributed by atoms with Crippen molar-refractivity contribution in [1.29, 1.82) is 0 Å². The molecule has 0 unspecified atom stereocenters. The molecule has 27 heavy (non-hydrogen) atoms. The Morgan fingerprint density at radius 2 is 2.07 bits per heavy atom. The molecule has 1 aromatic carbocycles. The van der Waals surface area contributed by atoms with E-state index in [0.29, 0.717) is 41.2 Å². The second-order valence-electron chi connectivity index (χ2n) is 6.35. The molecule has 0 spiro atoms. The smallest absolute Gasteiger partial charge is 0.307 e. The zero-order chi connectivity index (χ0) is 19.2. The Kier molecular flexibility index (Phi) is 4.55. The topological polar surface area (TPSA) is 33.2 Å². The monoisotopic (exact) mass is 408 g/mol. The summed E-state index contributed by atoms with van der Waals surface area (Å²) in [5.41, 5.74) is 2.06. The third-order valence-corrected chi connectivity index (χ3v) is 6.41. The number of carbonyl (C=O) groups excluding carboxylic acids is 1. The van der Waals surface area contributed by atoms with Gasteiger partial charge in [0.15, 0.2) is 0 Å². The standard InChI is InChI=1S/C19H15F3N2OS2/c1-11-16(27-17(23-11)13-6-8-26-10-13)18(25)24-7-2-3-12-9-14(19(20,21)22)4-5-15(12)24/h4-6,8-10H,2-3,7H2,1H3. The lowest BCUT2D eigenvalue weighted by atomic mass is 9.98. The molecule has 0 radical (unpaired) electrons. The number of thiazole rings is 1. The van der Waals surface area contributed by atoms with Crippen molar-refractivity contribution >= 4 is 34.3 Å². The number of benzene rings is 1.